The van der Waals surface area contributed by atoms with Crippen LogP contribution in [-0.2, 0) is 9.59 Å². The molecular formula is C18H24F2N2O3. The van der Waals surface area contributed by atoms with Gasteiger partial charge in [-0.25, -0.2) is 0 Å². The van der Waals surface area contributed by atoms with Crippen LogP contribution in [0.4, 0.5) is 8.78 Å². The summed E-state index contributed by atoms with van der Waals surface area (Å²) in [7, 11) is 0. The van der Waals surface area contributed by atoms with Crippen LogP contribution in [0.5, 0.6) is 5.75 Å². The smallest absolute Gasteiger partial charge is 0.387 e. The zero-order valence-corrected chi connectivity index (χ0v) is 14.3. The van der Waals surface area contributed by atoms with Crippen LogP contribution < -0.4 is 10.1 Å². The number of benzene rings is 1. The molecule has 5 nitrogen and oxygen atoms in total. The number of ether oxygens (including phenoxy) is 1. The van der Waals surface area contributed by atoms with E-state index >= 15 is 0 Å². The lowest BCUT2D eigenvalue weighted by Crippen LogP contribution is -2.41. The van der Waals surface area contributed by atoms with E-state index in [-0.39, 0.29) is 24.1 Å². The molecule has 0 aromatic heterocycles. The molecule has 138 valence electrons. The van der Waals surface area contributed by atoms with E-state index in [4.69, 9.17) is 0 Å². The first-order valence-corrected chi connectivity index (χ1v) is 8.62. The molecule has 0 saturated carbocycles. The molecule has 25 heavy (non-hydrogen) atoms. The molecule has 2 rings (SSSR count). The van der Waals surface area contributed by atoms with E-state index in [1.807, 2.05) is 6.92 Å². The van der Waals surface area contributed by atoms with Crippen molar-refractivity contribution in [3.05, 3.63) is 29.8 Å². The Balaban J connectivity index is 2.03. The number of carbonyl (C=O) groups excluding carboxylic acids is 2. The third-order valence-electron chi connectivity index (χ3n) is 4.26. The maximum atomic E-state index is 12.6. The summed E-state index contributed by atoms with van der Waals surface area (Å²) in [5.74, 6) is -0.258. The Kier molecular flexibility index (Phi) is 7.16. The quantitative estimate of drug-likeness (QED) is 0.818. The minimum absolute atomic E-state index is 0.00674. The number of hydrogen-bond acceptors (Lipinski definition) is 3. The number of halogens is 2. The van der Waals surface area contributed by atoms with Crippen molar-refractivity contribution in [2.75, 3.05) is 13.1 Å². The van der Waals surface area contributed by atoms with Crippen molar-refractivity contribution >= 4 is 11.8 Å². The van der Waals surface area contributed by atoms with Crippen LogP contribution in [-0.4, -0.2) is 36.4 Å². The number of rotatable bonds is 7. The first-order valence-electron chi connectivity index (χ1n) is 8.62. The monoisotopic (exact) mass is 354 g/mol. The standard InChI is InChI=1S/C18H24F2N2O3/c1-2-14(13-8-5-6-9-15(13)25-18(19)20)21-16(23)12-22-11-7-3-4-10-17(22)24/h5-6,8-9,14,18H,2-4,7,10-12H2,1H3,(H,21,23). The molecule has 0 bridgehead atoms. The summed E-state index contributed by atoms with van der Waals surface area (Å²) >= 11 is 0. The highest BCUT2D eigenvalue weighted by atomic mass is 19.3. The second-order valence-corrected chi connectivity index (χ2v) is 6.07. The normalized spacial score (nSPS) is 16.5. The summed E-state index contributed by atoms with van der Waals surface area (Å²) in [6.07, 6.45) is 3.72. The largest absolute Gasteiger partial charge is 0.434 e. The Morgan fingerprint density at radius 2 is 2.04 bits per heavy atom. The van der Waals surface area contributed by atoms with Crippen LogP contribution in [0.3, 0.4) is 0 Å². The fourth-order valence-corrected chi connectivity index (χ4v) is 2.99. The molecular weight excluding hydrogens is 330 g/mol. The molecule has 1 unspecified atom stereocenters. The van der Waals surface area contributed by atoms with Gasteiger partial charge in [0.15, 0.2) is 0 Å². The second-order valence-electron chi connectivity index (χ2n) is 6.07. The second kappa shape index (κ2) is 9.34. The maximum absolute atomic E-state index is 12.6. The minimum atomic E-state index is -2.93. The van der Waals surface area contributed by atoms with Gasteiger partial charge in [-0.3, -0.25) is 9.59 Å². The Morgan fingerprint density at radius 1 is 1.28 bits per heavy atom. The molecule has 7 heteroatoms. The summed E-state index contributed by atoms with van der Waals surface area (Å²) in [5, 5.41) is 2.83. The molecule has 1 aliphatic rings. The molecule has 1 aromatic carbocycles. The van der Waals surface area contributed by atoms with Crippen molar-refractivity contribution in [2.24, 2.45) is 0 Å². The molecule has 1 aromatic rings. The number of para-hydroxylation sites is 1. The van der Waals surface area contributed by atoms with Gasteiger partial charge in [0.25, 0.3) is 0 Å². The molecule has 1 heterocycles. The van der Waals surface area contributed by atoms with Crippen LogP contribution in [0, 0.1) is 0 Å². The van der Waals surface area contributed by atoms with E-state index in [1.54, 1.807) is 23.1 Å². The zero-order chi connectivity index (χ0) is 18.2. The fraction of sp³-hybridized carbons (Fsp3) is 0.556. The average molecular weight is 354 g/mol. The molecule has 1 saturated heterocycles. The first kappa shape index (κ1) is 19.1. The van der Waals surface area contributed by atoms with Gasteiger partial charge < -0.3 is 15.0 Å². The van der Waals surface area contributed by atoms with E-state index in [2.05, 4.69) is 10.1 Å². The van der Waals surface area contributed by atoms with Crippen LogP contribution >= 0.6 is 0 Å². The number of likely N-dealkylation sites (tertiary alicyclic amines) is 1. The molecule has 1 aliphatic heterocycles. The lowest BCUT2D eigenvalue weighted by Gasteiger charge is -2.24. The molecule has 1 N–H and O–H groups in total. The lowest BCUT2D eigenvalue weighted by molar-refractivity contribution is -0.135. The predicted molar refractivity (Wildman–Crippen MR) is 89.3 cm³/mol. The Morgan fingerprint density at radius 3 is 2.76 bits per heavy atom. The molecule has 1 fully saturated rings. The highest BCUT2D eigenvalue weighted by molar-refractivity contribution is 5.85. The van der Waals surface area contributed by atoms with Crippen molar-refractivity contribution in [1.29, 1.82) is 0 Å². The van der Waals surface area contributed by atoms with E-state index in [9.17, 15) is 18.4 Å². The van der Waals surface area contributed by atoms with Crippen LogP contribution in [0.25, 0.3) is 0 Å². The molecule has 0 radical (unpaired) electrons. The van der Waals surface area contributed by atoms with Gasteiger partial charge in [-0.2, -0.15) is 8.78 Å². The van der Waals surface area contributed by atoms with Crippen LogP contribution in [0.1, 0.15) is 50.6 Å². The van der Waals surface area contributed by atoms with Crippen LogP contribution in [0.2, 0.25) is 0 Å². The van der Waals surface area contributed by atoms with Crippen molar-refractivity contribution in [2.45, 2.75) is 51.7 Å². The molecule has 1 atom stereocenters. The molecule has 0 spiro atoms. The zero-order valence-electron chi connectivity index (χ0n) is 14.3. The number of nitrogens with zero attached hydrogens (tertiary/aromatic N) is 1. The van der Waals surface area contributed by atoms with Gasteiger partial charge in [0, 0.05) is 18.5 Å². The van der Waals surface area contributed by atoms with Gasteiger partial charge in [0.1, 0.15) is 5.75 Å². The highest BCUT2D eigenvalue weighted by Gasteiger charge is 2.22. The van der Waals surface area contributed by atoms with Gasteiger partial charge in [0.2, 0.25) is 11.8 Å². The third-order valence-corrected chi connectivity index (χ3v) is 4.26. The maximum Gasteiger partial charge on any atom is 0.387 e. The van der Waals surface area contributed by atoms with Gasteiger partial charge in [0.05, 0.1) is 12.6 Å². The Labute approximate surface area is 146 Å². The third kappa shape index (κ3) is 5.69. The fourth-order valence-electron chi connectivity index (χ4n) is 2.99. The van der Waals surface area contributed by atoms with E-state index in [1.165, 1.54) is 6.07 Å². The van der Waals surface area contributed by atoms with Crippen molar-refractivity contribution in [3.8, 4) is 5.75 Å². The number of amides is 2. The minimum Gasteiger partial charge on any atom is -0.434 e. The Bertz CT molecular complexity index is 595. The number of nitrogens with one attached hydrogen (secondary N) is 1. The van der Waals surface area contributed by atoms with Gasteiger partial charge in [-0.1, -0.05) is 31.5 Å². The van der Waals surface area contributed by atoms with Gasteiger partial charge in [-0.15, -0.1) is 0 Å². The van der Waals surface area contributed by atoms with E-state index in [0.717, 1.165) is 19.3 Å². The van der Waals surface area contributed by atoms with Crippen molar-refractivity contribution < 1.29 is 23.1 Å². The summed E-state index contributed by atoms with van der Waals surface area (Å²) in [6, 6.07) is 5.97. The summed E-state index contributed by atoms with van der Waals surface area (Å²) < 4.78 is 29.7. The first-order chi connectivity index (χ1) is 12.0. The van der Waals surface area contributed by atoms with E-state index in [0.29, 0.717) is 24.9 Å². The SMILES string of the molecule is CCC(NC(=O)CN1CCCCCC1=O)c1ccccc1OC(F)F. The molecule has 0 aliphatic carbocycles. The van der Waals surface area contributed by atoms with Crippen molar-refractivity contribution in [1.82, 2.24) is 10.2 Å². The number of alkyl halides is 2. The summed E-state index contributed by atoms with van der Waals surface area (Å²) in [4.78, 5) is 25.9. The van der Waals surface area contributed by atoms with Crippen LogP contribution in [0.15, 0.2) is 24.3 Å². The number of hydrogen-bond donors (Lipinski definition) is 1. The number of carbonyl (C=O) groups is 2. The average Bonchev–Trinajstić information content (AvgIpc) is 2.77. The predicted octanol–water partition coefficient (Wildman–Crippen LogP) is 3.26. The summed E-state index contributed by atoms with van der Waals surface area (Å²) in [5.41, 5.74) is 0.501. The van der Waals surface area contributed by atoms with Gasteiger partial charge >= 0.3 is 6.61 Å². The van der Waals surface area contributed by atoms with E-state index < -0.39 is 12.7 Å². The highest BCUT2D eigenvalue weighted by Crippen LogP contribution is 2.28. The Hall–Kier alpha value is -2.18. The van der Waals surface area contributed by atoms with Gasteiger partial charge in [-0.05, 0) is 25.3 Å². The molecule has 2 amide bonds. The lowest BCUT2D eigenvalue weighted by atomic mass is 10.0. The summed E-state index contributed by atoms with van der Waals surface area (Å²) in [6.45, 7) is -0.508. The topological polar surface area (TPSA) is 58.6 Å². The van der Waals surface area contributed by atoms with Crippen molar-refractivity contribution in [3.63, 3.8) is 0 Å².